The Morgan fingerprint density at radius 3 is 2.30 bits per heavy atom. The number of hydrogen-bond donors (Lipinski definition) is 0. The lowest BCUT2D eigenvalue weighted by atomic mass is 9.82. The molecule has 0 fully saturated rings. The predicted octanol–water partition coefficient (Wildman–Crippen LogP) is 6.95. The van der Waals surface area contributed by atoms with Crippen molar-refractivity contribution < 1.29 is 13.1 Å². The van der Waals surface area contributed by atoms with Crippen molar-refractivity contribution in [2.45, 2.75) is 61.3 Å². The van der Waals surface area contributed by atoms with Gasteiger partial charge in [0.2, 0.25) is 0 Å². The van der Waals surface area contributed by atoms with Crippen LogP contribution in [0.3, 0.4) is 0 Å². The Kier molecular flexibility index (Phi) is 5.00. The summed E-state index contributed by atoms with van der Waals surface area (Å²) in [5.74, 6) is 0. The van der Waals surface area contributed by atoms with E-state index in [1.165, 1.54) is 8.96 Å². The van der Waals surface area contributed by atoms with Crippen LogP contribution in [0, 0.1) is 20.8 Å². The molecule has 0 saturated heterocycles. The van der Waals surface area contributed by atoms with Gasteiger partial charge in [0.05, 0.1) is 5.57 Å². The molecule has 0 saturated carbocycles. The molecule has 0 amide bonds. The molecule has 4 rings (SSSR count). The summed E-state index contributed by atoms with van der Waals surface area (Å²) in [6.07, 6.45) is 1.48. The van der Waals surface area contributed by atoms with Crippen LogP contribution in [0.1, 0.15) is 67.8 Å². The number of fused-ring (bicyclic) bond motifs is 2. The largest absolute Gasteiger partial charge is 0.737 e. The molecule has 0 atom stereocenters. The topological polar surface area (TPSA) is 7.94 Å². The Bertz CT molecular complexity index is 1200. The molecule has 2 nitrogen and oxygen atoms in total. The van der Waals surface area contributed by atoms with Gasteiger partial charge >= 0.3 is 6.97 Å². The van der Waals surface area contributed by atoms with Gasteiger partial charge in [-0.25, -0.2) is 0 Å². The van der Waals surface area contributed by atoms with Crippen molar-refractivity contribution in [2.75, 3.05) is 0 Å². The number of benzene rings is 1. The number of allylic oxidation sites excluding steroid dienone is 2. The van der Waals surface area contributed by atoms with Gasteiger partial charge in [0.1, 0.15) is 5.71 Å². The third kappa shape index (κ3) is 2.62. The van der Waals surface area contributed by atoms with E-state index in [4.69, 9.17) is 0 Å². The van der Waals surface area contributed by atoms with Crippen LogP contribution in [-0.4, -0.2) is 21.6 Å². The predicted molar refractivity (Wildman–Crippen MR) is 125 cm³/mol. The Balaban J connectivity index is 2.27. The first-order chi connectivity index (χ1) is 14.1. The quantitative estimate of drug-likeness (QED) is 0.427. The van der Waals surface area contributed by atoms with Crippen molar-refractivity contribution in [1.29, 1.82) is 0 Å². The monoisotopic (exact) mass is 472 g/mol. The molecule has 30 heavy (non-hydrogen) atoms. The zero-order chi connectivity index (χ0) is 22.1. The minimum absolute atomic E-state index is 0.673. The van der Waals surface area contributed by atoms with Gasteiger partial charge in [-0.3, -0.25) is 0 Å². The fourth-order valence-corrected chi connectivity index (χ4v) is 5.96. The molecule has 1 aromatic carbocycles. The van der Waals surface area contributed by atoms with E-state index in [0.717, 1.165) is 56.3 Å². The average Bonchev–Trinajstić information content (AvgIpc) is 3.09. The van der Waals surface area contributed by atoms with Gasteiger partial charge in [-0.05, 0) is 80.6 Å². The molecule has 158 valence electrons. The average molecular weight is 473 g/mol. The molecular formula is C24H28BBrF2N2. The van der Waals surface area contributed by atoms with E-state index < -0.39 is 6.97 Å². The van der Waals surface area contributed by atoms with Crippen LogP contribution in [-0.2, 0) is 6.42 Å². The normalized spacial score (nSPS) is 17.8. The molecule has 2 aliphatic rings. The first kappa shape index (κ1) is 21.3. The fraction of sp³-hybridized carbons (Fsp3) is 0.375. The summed E-state index contributed by atoms with van der Waals surface area (Å²) in [4.78, 5) is 0. The number of aryl methyl sites for hydroxylation is 1. The SMILES string of the molecule is CCC1=C(C)C2=C(c3cc(Br)ccc3C)c3c(C)c(CC)c(C)n3[B-](F)(F)[N+]2=C1C. The van der Waals surface area contributed by atoms with E-state index >= 15 is 8.63 Å². The molecule has 0 bridgehead atoms. The number of rotatable bonds is 3. The zero-order valence-electron chi connectivity index (χ0n) is 18.8. The van der Waals surface area contributed by atoms with Crippen molar-refractivity contribution in [2.24, 2.45) is 0 Å². The van der Waals surface area contributed by atoms with Crippen LogP contribution in [0.25, 0.3) is 5.57 Å². The van der Waals surface area contributed by atoms with E-state index in [1.807, 2.05) is 47.6 Å². The third-order valence-corrected chi connectivity index (χ3v) is 7.46. The number of nitrogens with zero attached hydrogens (tertiary/aromatic N) is 2. The van der Waals surface area contributed by atoms with Crippen LogP contribution in [0.4, 0.5) is 8.63 Å². The third-order valence-electron chi connectivity index (χ3n) is 6.96. The van der Waals surface area contributed by atoms with Gasteiger partial charge < -0.3 is 17.6 Å². The number of aromatic nitrogens is 1. The Morgan fingerprint density at radius 1 is 1.03 bits per heavy atom. The Hall–Kier alpha value is -1.95. The molecular weight excluding hydrogens is 445 g/mol. The molecule has 0 N–H and O–H groups in total. The van der Waals surface area contributed by atoms with Gasteiger partial charge in [0.15, 0.2) is 5.70 Å². The second-order valence-electron chi connectivity index (χ2n) is 8.44. The molecule has 2 aliphatic heterocycles. The highest BCUT2D eigenvalue weighted by Crippen LogP contribution is 2.47. The summed E-state index contributed by atoms with van der Waals surface area (Å²) < 4.78 is 36.0. The van der Waals surface area contributed by atoms with Crippen LogP contribution in [0.15, 0.2) is 39.5 Å². The van der Waals surface area contributed by atoms with E-state index in [1.54, 1.807) is 0 Å². The lowest BCUT2D eigenvalue weighted by molar-refractivity contribution is -0.363. The van der Waals surface area contributed by atoms with Crippen LogP contribution in [0.5, 0.6) is 0 Å². The number of halogens is 3. The van der Waals surface area contributed by atoms with Gasteiger partial charge in [-0.1, -0.05) is 35.8 Å². The lowest BCUT2D eigenvalue weighted by Gasteiger charge is -2.34. The van der Waals surface area contributed by atoms with Crippen LogP contribution in [0.2, 0.25) is 0 Å². The standard InChI is InChI=1S/C24H28BBrF2N2/c1-8-19-14(4)23-22(21-12-18(26)11-10-13(21)3)24-15(5)20(9-2)17(7)30(24)25(27,28)29(23)16(19)6/h10-12H,8-9H2,1-7H3. The molecule has 0 spiro atoms. The highest BCUT2D eigenvalue weighted by atomic mass is 79.9. The summed E-state index contributed by atoms with van der Waals surface area (Å²) in [6.45, 7) is 9.85. The van der Waals surface area contributed by atoms with Gasteiger partial charge in [-0.15, -0.1) is 0 Å². The molecule has 6 heteroatoms. The lowest BCUT2D eigenvalue weighted by Crippen LogP contribution is -2.51. The maximum Gasteiger partial charge on any atom is 0.737 e. The van der Waals surface area contributed by atoms with Crippen LogP contribution < -0.4 is 0 Å². The minimum atomic E-state index is -3.98. The van der Waals surface area contributed by atoms with E-state index in [-0.39, 0.29) is 0 Å². The van der Waals surface area contributed by atoms with E-state index in [0.29, 0.717) is 22.8 Å². The van der Waals surface area contributed by atoms with E-state index in [2.05, 4.69) is 35.0 Å². The minimum Gasteiger partial charge on any atom is -0.393 e. The van der Waals surface area contributed by atoms with Gasteiger partial charge in [0.25, 0.3) is 0 Å². The summed E-state index contributed by atoms with van der Waals surface area (Å²) >= 11 is 3.60. The smallest absolute Gasteiger partial charge is 0.393 e. The van der Waals surface area contributed by atoms with Gasteiger partial charge in [-0.2, -0.15) is 0 Å². The van der Waals surface area contributed by atoms with E-state index in [9.17, 15) is 0 Å². The molecule has 3 heterocycles. The molecule has 0 unspecified atom stereocenters. The molecule has 1 aromatic heterocycles. The van der Waals surface area contributed by atoms with Crippen molar-refractivity contribution in [3.63, 3.8) is 0 Å². The second kappa shape index (κ2) is 7.05. The van der Waals surface area contributed by atoms with Crippen molar-refractivity contribution in [3.05, 3.63) is 73.2 Å². The summed E-state index contributed by atoms with van der Waals surface area (Å²) in [5.41, 5.74) is 9.68. The maximum atomic E-state index is 16.2. The van der Waals surface area contributed by atoms with Gasteiger partial charge in [0, 0.05) is 28.2 Å². The highest BCUT2D eigenvalue weighted by molar-refractivity contribution is 9.10. The first-order valence-electron chi connectivity index (χ1n) is 10.6. The molecule has 0 aliphatic carbocycles. The Labute approximate surface area is 186 Å². The van der Waals surface area contributed by atoms with Crippen molar-refractivity contribution in [1.82, 2.24) is 4.48 Å². The zero-order valence-corrected chi connectivity index (χ0v) is 20.3. The van der Waals surface area contributed by atoms with Crippen molar-refractivity contribution >= 4 is 34.2 Å². The fourth-order valence-electron chi connectivity index (χ4n) is 5.60. The van der Waals surface area contributed by atoms with Crippen LogP contribution >= 0.6 is 15.9 Å². The highest BCUT2D eigenvalue weighted by Gasteiger charge is 2.56. The second-order valence-corrected chi connectivity index (χ2v) is 9.36. The molecule has 0 radical (unpaired) electrons. The summed E-state index contributed by atoms with van der Waals surface area (Å²) in [5, 5.41) is 0. The van der Waals surface area contributed by atoms with Crippen molar-refractivity contribution in [3.8, 4) is 0 Å². The Morgan fingerprint density at radius 2 is 1.70 bits per heavy atom. The molecule has 2 aromatic rings. The summed E-state index contributed by atoms with van der Waals surface area (Å²) in [6, 6.07) is 6.12. The summed E-state index contributed by atoms with van der Waals surface area (Å²) in [7, 11) is 0. The number of hydrogen-bond acceptors (Lipinski definition) is 0. The first-order valence-corrected chi connectivity index (χ1v) is 11.4. The maximum absolute atomic E-state index is 16.2.